The molecular formula is C20H19NO6S. The zero-order chi connectivity index (χ0) is 19.4. The third-order valence-electron chi connectivity index (χ3n) is 5.63. The Morgan fingerprint density at radius 2 is 2.11 bits per heavy atom. The Bertz CT molecular complexity index is 958. The van der Waals surface area contributed by atoms with Crippen LogP contribution in [0.15, 0.2) is 65.3 Å². The van der Waals surface area contributed by atoms with Crippen LogP contribution in [0.25, 0.3) is 0 Å². The molecule has 2 fully saturated rings. The van der Waals surface area contributed by atoms with E-state index in [9.17, 15) is 13.6 Å². The summed E-state index contributed by atoms with van der Waals surface area (Å²) in [5.41, 5.74) is -0.253. The van der Waals surface area contributed by atoms with E-state index in [-0.39, 0.29) is 11.9 Å². The largest absolute Gasteiger partial charge is 0.597 e. The molecule has 2 bridgehead atoms. The third kappa shape index (κ3) is 2.76. The number of carbonyl (C=O) groups excluding carboxylic acids is 1. The lowest BCUT2D eigenvalue weighted by Crippen LogP contribution is -2.70. The standard InChI is InChI=1S/C20H19NO6S/c22-19(16-7-4-10-25-16)26-18-15(11-13-5-2-1-3-6-13)21-28(23,24)17-12-14-8-9-20(17,18)27-14/h1-10,14-15,17-18H,11-12H2,(H-,21,23,24)/t14?,15-,17-,18+,20+/m0/s1. The second-order valence-corrected chi connectivity index (χ2v) is 9.25. The van der Waals surface area contributed by atoms with Gasteiger partial charge in [-0.2, -0.15) is 0 Å². The topological polar surface area (TPSA) is 101 Å². The van der Waals surface area contributed by atoms with Crippen LogP contribution >= 0.6 is 0 Å². The minimum atomic E-state index is -3.63. The highest BCUT2D eigenvalue weighted by atomic mass is 32.3. The van der Waals surface area contributed by atoms with Gasteiger partial charge in [0.1, 0.15) is 10.4 Å². The molecule has 1 N–H and O–H groups in total. The Kier molecular flexibility index (Phi) is 4.06. The summed E-state index contributed by atoms with van der Waals surface area (Å²) in [4.78, 5) is 12.6. The first-order valence-electron chi connectivity index (χ1n) is 9.15. The van der Waals surface area contributed by atoms with E-state index >= 15 is 0 Å². The summed E-state index contributed by atoms with van der Waals surface area (Å²) in [6, 6.07) is 11.9. The first-order chi connectivity index (χ1) is 13.5. The van der Waals surface area contributed by atoms with Crippen LogP contribution in [0, 0.1) is 0 Å². The van der Waals surface area contributed by atoms with E-state index in [2.05, 4.69) is 4.72 Å². The maximum atomic E-state index is 12.9. The van der Waals surface area contributed by atoms with Gasteiger partial charge in [-0.1, -0.05) is 40.6 Å². The molecule has 0 amide bonds. The van der Waals surface area contributed by atoms with Crippen molar-refractivity contribution in [1.82, 2.24) is 4.72 Å². The van der Waals surface area contributed by atoms with Crippen molar-refractivity contribution < 1.29 is 27.4 Å². The van der Waals surface area contributed by atoms with Gasteiger partial charge in [0, 0.05) is 6.42 Å². The molecule has 5 rings (SSSR count). The van der Waals surface area contributed by atoms with E-state index in [0.29, 0.717) is 12.8 Å². The molecule has 2 aromatic rings. The van der Waals surface area contributed by atoms with Crippen LogP contribution in [0.4, 0.5) is 0 Å². The van der Waals surface area contributed by atoms with Gasteiger partial charge < -0.3 is 18.4 Å². The fraction of sp³-hybridized carbons (Fsp3) is 0.350. The fourth-order valence-electron chi connectivity index (χ4n) is 4.45. The number of ether oxygens (including phenoxy) is 2. The second kappa shape index (κ2) is 6.38. The minimum absolute atomic E-state index is 0.0661. The lowest BCUT2D eigenvalue weighted by atomic mass is 9.83. The number of benzene rings is 1. The van der Waals surface area contributed by atoms with Gasteiger partial charge in [0.2, 0.25) is 5.76 Å². The van der Waals surface area contributed by atoms with Crippen LogP contribution in [0.3, 0.4) is 0 Å². The first kappa shape index (κ1) is 17.8. The molecule has 3 aliphatic heterocycles. The van der Waals surface area contributed by atoms with Crippen molar-refractivity contribution in [3.63, 3.8) is 0 Å². The summed E-state index contributed by atoms with van der Waals surface area (Å²) < 4.78 is 45.6. The van der Waals surface area contributed by atoms with Crippen molar-refractivity contribution in [1.29, 1.82) is 0 Å². The molecule has 0 saturated carbocycles. The highest BCUT2D eigenvalue weighted by molar-refractivity contribution is 7.96. The predicted octanol–water partition coefficient (Wildman–Crippen LogP) is 2.03. The number of hydrogen-bond donors (Lipinski definition) is 1. The van der Waals surface area contributed by atoms with Crippen molar-refractivity contribution in [3.05, 3.63) is 72.2 Å². The van der Waals surface area contributed by atoms with Crippen molar-refractivity contribution in [2.75, 3.05) is 0 Å². The summed E-state index contributed by atoms with van der Waals surface area (Å²) in [5.74, 6) is -0.578. The van der Waals surface area contributed by atoms with E-state index < -0.39 is 39.4 Å². The van der Waals surface area contributed by atoms with Gasteiger partial charge in [-0.3, -0.25) is 0 Å². The Labute approximate surface area is 163 Å². The molecule has 8 heteroatoms. The molecule has 2 unspecified atom stereocenters. The lowest BCUT2D eigenvalue weighted by Gasteiger charge is -2.46. The number of sulfonamides is 1. The molecule has 3 aliphatic rings. The van der Waals surface area contributed by atoms with Crippen LogP contribution in [-0.4, -0.2) is 39.6 Å². The summed E-state index contributed by atoms with van der Waals surface area (Å²) >= 11 is 0. The van der Waals surface area contributed by atoms with Crippen LogP contribution < -0.4 is 4.72 Å². The molecule has 28 heavy (non-hydrogen) atoms. The summed E-state index contributed by atoms with van der Waals surface area (Å²) in [7, 11) is -3.63. The van der Waals surface area contributed by atoms with Crippen LogP contribution in [0.5, 0.6) is 0 Å². The van der Waals surface area contributed by atoms with Crippen molar-refractivity contribution in [2.24, 2.45) is 0 Å². The smallest absolute Gasteiger partial charge is 0.374 e. The van der Waals surface area contributed by atoms with Gasteiger partial charge in [0.25, 0.3) is 0 Å². The quantitative estimate of drug-likeness (QED) is 0.478. The number of hydrogen-bond acceptors (Lipinski definition) is 6. The molecule has 1 spiro atoms. The third-order valence-corrected chi connectivity index (χ3v) is 7.57. The zero-order valence-electron chi connectivity index (χ0n) is 14.9. The van der Waals surface area contributed by atoms with Crippen molar-refractivity contribution >= 4 is 16.4 Å². The predicted molar refractivity (Wildman–Crippen MR) is 99.0 cm³/mol. The average molecular weight is 401 g/mol. The number of furan rings is 1. The molecule has 6 atom stereocenters. The average Bonchev–Trinajstić information content (AvgIpc) is 3.41. The molecule has 4 heterocycles. The number of carbonyl (C=O) groups is 1. The van der Waals surface area contributed by atoms with Gasteiger partial charge in [-0.05, 0) is 30.2 Å². The fourth-order valence-corrected chi connectivity index (χ4v) is 6.44. The maximum absolute atomic E-state index is 12.9. The number of nitrogens with one attached hydrogen (secondary N) is 1. The molecule has 146 valence electrons. The van der Waals surface area contributed by atoms with Gasteiger partial charge in [-0.25, -0.2) is 4.79 Å². The second-order valence-electron chi connectivity index (χ2n) is 7.36. The molecule has 2 saturated heterocycles. The monoisotopic (exact) mass is 401 g/mol. The first-order valence-corrected chi connectivity index (χ1v) is 10.7. The van der Waals surface area contributed by atoms with E-state index in [1.807, 2.05) is 36.4 Å². The Balaban J connectivity index is 1.52. The van der Waals surface area contributed by atoms with Gasteiger partial charge >= 0.3 is 5.97 Å². The summed E-state index contributed by atoms with van der Waals surface area (Å²) in [6.07, 6.45) is 4.60. The Morgan fingerprint density at radius 3 is 2.82 bits per heavy atom. The minimum Gasteiger partial charge on any atom is -0.597 e. The van der Waals surface area contributed by atoms with Gasteiger partial charge in [0.05, 0.1) is 18.4 Å². The van der Waals surface area contributed by atoms with Crippen molar-refractivity contribution in [2.45, 2.75) is 41.9 Å². The van der Waals surface area contributed by atoms with Crippen LogP contribution in [0.2, 0.25) is 0 Å². The van der Waals surface area contributed by atoms with E-state index in [4.69, 9.17) is 13.9 Å². The van der Waals surface area contributed by atoms with E-state index in [1.165, 1.54) is 12.3 Å². The van der Waals surface area contributed by atoms with Crippen LogP contribution in [0.1, 0.15) is 22.5 Å². The summed E-state index contributed by atoms with van der Waals surface area (Å²) in [5, 5.41) is -0.795. The van der Waals surface area contributed by atoms with Gasteiger partial charge in [0.15, 0.2) is 17.0 Å². The maximum Gasteiger partial charge on any atom is 0.374 e. The van der Waals surface area contributed by atoms with Crippen molar-refractivity contribution in [3.8, 4) is 0 Å². The molecule has 1 aromatic carbocycles. The Hall–Kier alpha value is -2.26. The molecule has 7 nitrogen and oxygen atoms in total. The molecular weight excluding hydrogens is 382 g/mol. The lowest BCUT2D eigenvalue weighted by molar-refractivity contribution is -0.0888. The number of esters is 1. The zero-order valence-corrected chi connectivity index (χ0v) is 15.7. The van der Waals surface area contributed by atoms with Crippen LogP contribution in [-0.2, 0) is 30.5 Å². The summed E-state index contributed by atoms with van der Waals surface area (Å²) in [6.45, 7) is 0. The molecule has 1 aromatic heterocycles. The molecule has 0 aliphatic carbocycles. The van der Waals surface area contributed by atoms with E-state index in [1.54, 1.807) is 12.1 Å². The highest BCUT2D eigenvalue weighted by Gasteiger charge is 2.69. The van der Waals surface area contributed by atoms with E-state index in [0.717, 1.165) is 5.56 Å². The number of rotatable bonds is 4. The SMILES string of the molecule is O=C(O[C@@H]1[C@H](Cc2ccccc2)N[S+](=O)([O-])[C@H]2CC3C=C[C@]12O3)c1ccco1. The number of fused-ring (bicyclic) bond motifs is 1. The van der Waals surface area contributed by atoms with Gasteiger partial charge in [-0.15, -0.1) is 4.72 Å². The normalized spacial score (nSPS) is 38.3. The Morgan fingerprint density at radius 1 is 1.29 bits per heavy atom. The molecule has 0 radical (unpaired) electrons. The highest BCUT2D eigenvalue weighted by Crippen LogP contribution is 2.50.